The highest BCUT2D eigenvalue weighted by Gasteiger charge is 2.41. The monoisotopic (exact) mass is 434 g/mol. The maximum Gasteiger partial charge on any atom is 0.307 e. The van der Waals surface area contributed by atoms with Crippen LogP contribution in [0.25, 0.3) is 10.9 Å². The molecule has 1 atom stereocenters. The van der Waals surface area contributed by atoms with E-state index in [0.717, 1.165) is 28.2 Å². The highest BCUT2D eigenvalue weighted by Crippen LogP contribution is 2.33. The van der Waals surface area contributed by atoms with Gasteiger partial charge in [0.25, 0.3) is 6.08 Å². The summed E-state index contributed by atoms with van der Waals surface area (Å²) in [5.74, 6) is 7.00. The van der Waals surface area contributed by atoms with Crippen LogP contribution in [0.3, 0.4) is 0 Å². The molecule has 1 fully saturated rings. The fraction of sp³-hybridized carbons (Fsp3) is 0.182. The molecular weight excluding hydrogens is 416 g/mol. The minimum atomic E-state index is -0.831. The van der Waals surface area contributed by atoms with E-state index in [2.05, 4.69) is 21.9 Å². The summed E-state index contributed by atoms with van der Waals surface area (Å²) in [5, 5.41) is 14.6. The summed E-state index contributed by atoms with van der Waals surface area (Å²) in [6.45, 7) is 0.775. The van der Waals surface area contributed by atoms with E-state index in [1.54, 1.807) is 40.8 Å². The molecule has 0 radical (unpaired) electrons. The number of nitrogens with one attached hydrogen (secondary N) is 2. The Balaban J connectivity index is 1.66. The van der Waals surface area contributed by atoms with Crippen molar-refractivity contribution in [2.45, 2.75) is 16.9 Å². The lowest BCUT2D eigenvalue weighted by Gasteiger charge is -2.31. The number of carbonyl (C=O) groups is 1. The maximum atomic E-state index is 11.3. The van der Waals surface area contributed by atoms with Crippen LogP contribution in [0.2, 0.25) is 0 Å². The number of ether oxygens (including phenoxy) is 1. The van der Waals surface area contributed by atoms with Crippen LogP contribution in [-0.4, -0.2) is 40.3 Å². The van der Waals surface area contributed by atoms with Crippen molar-refractivity contribution in [3.63, 3.8) is 0 Å². The van der Waals surface area contributed by atoms with Gasteiger partial charge in [-0.2, -0.15) is 0 Å². The van der Waals surface area contributed by atoms with Crippen LogP contribution in [0.5, 0.6) is 0 Å². The molecule has 1 aromatic heterocycles. The normalized spacial score (nSPS) is 17.5. The van der Waals surface area contributed by atoms with Gasteiger partial charge < -0.3 is 9.72 Å². The van der Waals surface area contributed by atoms with Crippen LogP contribution in [0.1, 0.15) is 12.0 Å². The van der Waals surface area contributed by atoms with Crippen LogP contribution in [0, 0.1) is 11.8 Å². The first-order valence-corrected chi connectivity index (χ1v) is 10.2. The van der Waals surface area contributed by atoms with Crippen molar-refractivity contribution in [1.82, 2.24) is 10.5 Å². The molecular formula is C22H18N4O4S. The molecule has 2 aromatic carbocycles. The number of amides is 1. The molecule has 2 heterocycles. The van der Waals surface area contributed by atoms with E-state index in [1.165, 1.54) is 0 Å². The molecule has 3 aromatic rings. The Bertz CT molecular complexity index is 1170. The summed E-state index contributed by atoms with van der Waals surface area (Å²) < 4.78 is 5.63. The molecule has 156 valence electrons. The van der Waals surface area contributed by atoms with Crippen molar-refractivity contribution in [2.24, 2.45) is 5.10 Å². The molecule has 1 aliphatic rings. The molecule has 0 bridgehead atoms. The number of aromatic amines is 1. The van der Waals surface area contributed by atoms with Gasteiger partial charge in [-0.15, -0.1) is 0 Å². The fourth-order valence-electron chi connectivity index (χ4n) is 3.39. The van der Waals surface area contributed by atoms with Gasteiger partial charge in [-0.3, -0.25) is 10.0 Å². The maximum absolute atomic E-state index is 11.3. The van der Waals surface area contributed by atoms with Crippen molar-refractivity contribution >= 4 is 39.8 Å². The zero-order valence-corrected chi connectivity index (χ0v) is 17.1. The Labute approximate surface area is 182 Å². The van der Waals surface area contributed by atoms with Gasteiger partial charge in [0.1, 0.15) is 5.82 Å². The molecule has 0 spiro atoms. The number of carbonyl (C=O) groups excluding carboxylic acids is 2. The Hall–Kier alpha value is -3.54. The predicted molar refractivity (Wildman–Crippen MR) is 117 cm³/mol. The summed E-state index contributed by atoms with van der Waals surface area (Å²) in [4.78, 5) is 26.4. The number of hydrazone groups is 1. The van der Waals surface area contributed by atoms with Gasteiger partial charge in [0, 0.05) is 27.8 Å². The molecule has 3 N–H and O–H groups in total. The first kappa shape index (κ1) is 20.7. The smallest absolute Gasteiger partial charge is 0.307 e. The minimum absolute atomic E-state index is 0.283. The minimum Gasteiger partial charge on any atom is -0.378 e. The van der Waals surface area contributed by atoms with Crippen LogP contribution < -0.4 is 10.5 Å². The van der Waals surface area contributed by atoms with E-state index in [9.17, 15) is 9.59 Å². The van der Waals surface area contributed by atoms with E-state index in [-0.39, 0.29) is 6.61 Å². The molecule has 9 heteroatoms. The number of fused-ring (bicyclic) bond motifs is 1. The van der Waals surface area contributed by atoms with Gasteiger partial charge in [0.05, 0.1) is 13.2 Å². The number of aromatic nitrogens is 1. The number of para-hydroxylation sites is 1. The number of rotatable bonds is 4. The lowest BCUT2D eigenvalue weighted by atomic mass is 9.97. The Morgan fingerprint density at radius 2 is 2.06 bits per heavy atom. The molecule has 1 unspecified atom stereocenters. The van der Waals surface area contributed by atoms with Gasteiger partial charge in [0.15, 0.2) is 5.54 Å². The van der Waals surface area contributed by atoms with E-state index in [4.69, 9.17) is 9.94 Å². The molecule has 0 aliphatic carbocycles. The Kier molecular flexibility index (Phi) is 6.07. The molecule has 8 nitrogen and oxygen atoms in total. The molecule has 1 saturated heterocycles. The SMILES string of the molecule is O=C=NN(c1cc2ccccc2[nH]1)C1(C#Cc2ccc(SC(=O)NO)cc2)CCOC1. The Morgan fingerprint density at radius 3 is 2.74 bits per heavy atom. The van der Waals surface area contributed by atoms with Crippen molar-refractivity contribution in [3.05, 3.63) is 60.2 Å². The first-order valence-electron chi connectivity index (χ1n) is 9.42. The van der Waals surface area contributed by atoms with Gasteiger partial charge >= 0.3 is 5.24 Å². The summed E-state index contributed by atoms with van der Waals surface area (Å²) in [5.41, 5.74) is 2.40. The standard InChI is InChI=1S/C22H18N4O4S/c27-15-23-26(20-13-17-3-1-2-4-19(17)24-20)22(11-12-30-14-22)10-9-16-5-7-18(8-6-16)31-21(28)25-29/h1-8,13,24,29H,11-12,14H2,(H,25,28). The van der Waals surface area contributed by atoms with Gasteiger partial charge in [-0.1, -0.05) is 35.1 Å². The van der Waals surface area contributed by atoms with E-state index in [0.29, 0.717) is 23.7 Å². The fourth-order valence-corrected chi connectivity index (χ4v) is 3.92. The van der Waals surface area contributed by atoms with Crippen LogP contribution in [0.15, 0.2) is 64.6 Å². The van der Waals surface area contributed by atoms with Crippen molar-refractivity contribution in [1.29, 1.82) is 0 Å². The average molecular weight is 434 g/mol. The summed E-state index contributed by atoms with van der Waals surface area (Å²) in [6, 6.07) is 16.7. The molecule has 4 rings (SSSR count). The van der Waals surface area contributed by atoms with Crippen LogP contribution in [0.4, 0.5) is 10.6 Å². The predicted octanol–water partition coefficient (Wildman–Crippen LogP) is 3.63. The molecule has 1 amide bonds. The summed E-state index contributed by atoms with van der Waals surface area (Å²) in [7, 11) is 0. The summed E-state index contributed by atoms with van der Waals surface area (Å²) >= 11 is 0.867. The van der Waals surface area contributed by atoms with E-state index in [1.807, 2.05) is 30.3 Å². The lowest BCUT2D eigenvalue weighted by molar-refractivity contribution is 0.180. The van der Waals surface area contributed by atoms with Crippen LogP contribution >= 0.6 is 11.8 Å². The van der Waals surface area contributed by atoms with Gasteiger partial charge in [-0.05, 0) is 48.2 Å². The Morgan fingerprint density at radius 1 is 1.26 bits per heavy atom. The lowest BCUT2D eigenvalue weighted by Crippen LogP contribution is -2.45. The second kappa shape index (κ2) is 9.08. The number of nitrogens with zero attached hydrogens (tertiary/aromatic N) is 2. The van der Waals surface area contributed by atoms with Gasteiger partial charge in [0.2, 0.25) is 0 Å². The first-order chi connectivity index (χ1) is 15.1. The van der Waals surface area contributed by atoms with Gasteiger partial charge in [-0.25, -0.2) is 15.3 Å². The third-order valence-electron chi connectivity index (χ3n) is 4.89. The number of H-pyrrole nitrogens is 1. The number of hydrogen-bond donors (Lipinski definition) is 3. The number of thioether (sulfide) groups is 1. The topological polar surface area (TPSA) is 107 Å². The highest BCUT2D eigenvalue weighted by molar-refractivity contribution is 8.13. The third kappa shape index (κ3) is 4.48. The second-order valence-electron chi connectivity index (χ2n) is 6.85. The number of isocyanates is 1. The third-order valence-corrected chi connectivity index (χ3v) is 5.67. The summed E-state index contributed by atoms with van der Waals surface area (Å²) in [6.07, 6.45) is 2.20. The zero-order valence-electron chi connectivity index (χ0n) is 16.3. The second-order valence-corrected chi connectivity index (χ2v) is 7.90. The van der Waals surface area contributed by atoms with Crippen LogP contribution in [-0.2, 0) is 9.53 Å². The number of benzene rings is 2. The number of hydrogen-bond acceptors (Lipinski definition) is 7. The average Bonchev–Trinajstić information content (AvgIpc) is 3.44. The van der Waals surface area contributed by atoms with Crippen molar-refractivity contribution < 1.29 is 19.5 Å². The molecule has 31 heavy (non-hydrogen) atoms. The van der Waals surface area contributed by atoms with E-state index >= 15 is 0 Å². The highest BCUT2D eigenvalue weighted by atomic mass is 32.2. The van der Waals surface area contributed by atoms with E-state index < -0.39 is 10.8 Å². The van der Waals surface area contributed by atoms with Crippen molar-refractivity contribution in [3.8, 4) is 11.8 Å². The number of hydroxylamine groups is 1. The molecule has 0 saturated carbocycles. The quantitative estimate of drug-likeness (QED) is 0.145. The largest absolute Gasteiger partial charge is 0.378 e. The van der Waals surface area contributed by atoms with Crippen molar-refractivity contribution in [2.75, 3.05) is 18.2 Å². The zero-order chi connectivity index (χ0) is 21.7. The number of anilines is 1. The molecule has 1 aliphatic heterocycles.